The van der Waals surface area contributed by atoms with Gasteiger partial charge in [0.05, 0.1) is 25.7 Å². The number of anilines is 2. The molecule has 2 heterocycles. The summed E-state index contributed by atoms with van der Waals surface area (Å²) in [5, 5.41) is 2.86. The molecule has 3 rings (SSSR count). The Morgan fingerprint density at radius 1 is 1.21 bits per heavy atom. The molecule has 1 saturated heterocycles. The Hall–Kier alpha value is -3.00. The Morgan fingerprint density at radius 2 is 1.89 bits per heavy atom. The van der Waals surface area contributed by atoms with Gasteiger partial charge in [-0.05, 0) is 26.0 Å². The fraction of sp³-hybridized carbons (Fsp3) is 0.400. The molecule has 1 aliphatic heterocycles. The van der Waals surface area contributed by atoms with E-state index >= 15 is 0 Å². The van der Waals surface area contributed by atoms with Gasteiger partial charge in [-0.1, -0.05) is 18.2 Å². The number of nitrogen functional groups attached to an aromatic ring is 1. The van der Waals surface area contributed by atoms with E-state index in [1.165, 1.54) is 0 Å². The van der Waals surface area contributed by atoms with Crippen LogP contribution in [0.25, 0.3) is 0 Å². The zero-order valence-corrected chi connectivity index (χ0v) is 16.1. The number of nitrogens with two attached hydrogens (primary N) is 1. The average Bonchev–Trinajstić information content (AvgIpc) is 2.65. The number of nitrogens with zero attached hydrogens (tertiary/aromatic N) is 3. The van der Waals surface area contributed by atoms with Gasteiger partial charge in [0.25, 0.3) is 0 Å². The number of nitrogens with one attached hydrogen (secondary N) is 1. The second-order valence-corrected chi connectivity index (χ2v) is 6.84. The SMILES string of the molecule is Cc1nc(N)nc(C)c1CC(=O)N1CCOCC1CC(=O)Nc1ccccc1. The maximum Gasteiger partial charge on any atom is 0.227 e. The lowest BCUT2D eigenvalue weighted by Crippen LogP contribution is -2.50. The quantitative estimate of drug-likeness (QED) is 0.809. The molecule has 2 aromatic rings. The Morgan fingerprint density at radius 3 is 2.57 bits per heavy atom. The van der Waals surface area contributed by atoms with Crippen molar-refractivity contribution in [2.45, 2.75) is 32.7 Å². The molecule has 148 valence electrons. The third kappa shape index (κ3) is 4.83. The summed E-state index contributed by atoms with van der Waals surface area (Å²) < 4.78 is 5.51. The summed E-state index contributed by atoms with van der Waals surface area (Å²) in [7, 11) is 0. The topological polar surface area (TPSA) is 110 Å². The molecular weight excluding hydrogens is 358 g/mol. The monoisotopic (exact) mass is 383 g/mol. The number of morpholine rings is 1. The highest BCUT2D eigenvalue weighted by atomic mass is 16.5. The van der Waals surface area contributed by atoms with Gasteiger partial charge in [0.2, 0.25) is 17.8 Å². The first kappa shape index (κ1) is 19.8. The molecule has 1 aromatic carbocycles. The summed E-state index contributed by atoms with van der Waals surface area (Å²) in [6, 6.07) is 8.94. The van der Waals surface area contributed by atoms with Crippen molar-refractivity contribution in [1.29, 1.82) is 0 Å². The standard InChI is InChI=1S/C20H25N5O3/c1-13-17(14(2)23-20(21)22-13)11-19(27)25-8-9-28-12-16(25)10-18(26)24-15-6-4-3-5-7-15/h3-7,16H,8-12H2,1-2H3,(H,24,26)(H2,21,22,23). The summed E-state index contributed by atoms with van der Waals surface area (Å²) in [6.07, 6.45) is 0.353. The number of aryl methyl sites for hydroxylation is 2. The Labute approximate surface area is 164 Å². The molecule has 1 aliphatic rings. The van der Waals surface area contributed by atoms with Crippen molar-refractivity contribution in [3.05, 3.63) is 47.3 Å². The van der Waals surface area contributed by atoms with E-state index in [2.05, 4.69) is 15.3 Å². The fourth-order valence-electron chi connectivity index (χ4n) is 3.37. The van der Waals surface area contributed by atoms with Crippen molar-refractivity contribution >= 4 is 23.5 Å². The zero-order valence-electron chi connectivity index (χ0n) is 16.1. The number of hydrogen-bond acceptors (Lipinski definition) is 6. The number of hydrogen-bond donors (Lipinski definition) is 2. The van der Waals surface area contributed by atoms with Gasteiger partial charge in [-0.25, -0.2) is 9.97 Å². The van der Waals surface area contributed by atoms with Crippen molar-refractivity contribution in [2.24, 2.45) is 0 Å². The first-order valence-electron chi connectivity index (χ1n) is 9.25. The van der Waals surface area contributed by atoms with Gasteiger partial charge in [0, 0.05) is 35.6 Å². The summed E-state index contributed by atoms with van der Waals surface area (Å²) in [6.45, 7) is 4.88. The van der Waals surface area contributed by atoms with Crippen LogP contribution in [-0.4, -0.2) is 52.5 Å². The molecule has 0 bridgehead atoms. The number of benzene rings is 1. The predicted molar refractivity (Wildman–Crippen MR) is 106 cm³/mol. The van der Waals surface area contributed by atoms with Gasteiger partial charge >= 0.3 is 0 Å². The number of amides is 2. The molecule has 3 N–H and O–H groups in total. The number of carbonyl (C=O) groups excluding carboxylic acids is 2. The minimum atomic E-state index is -0.305. The Kier molecular flexibility index (Phi) is 6.20. The molecular formula is C20H25N5O3. The lowest BCUT2D eigenvalue weighted by atomic mass is 10.1. The zero-order chi connectivity index (χ0) is 20.1. The van der Waals surface area contributed by atoms with Crippen molar-refractivity contribution in [1.82, 2.24) is 14.9 Å². The van der Waals surface area contributed by atoms with Crippen molar-refractivity contribution in [3.8, 4) is 0 Å². The van der Waals surface area contributed by atoms with Crippen LogP contribution in [0.4, 0.5) is 11.6 Å². The van der Waals surface area contributed by atoms with Gasteiger partial charge in [0.1, 0.15) is 0 Å². The van der Waals surface area contributed by atoms with Crippen LogP contribution in [0.2, 0.25) is 0 Å². The molecule has 0 spiro atoms. The smallest absolute Gasteiger partial charge is 0.227 e. The lowest BCUT2D eigenvalue weighted by molar-refractivity contribution is -0.140. The second-order valence-electron chi connectivity index (χ2n) is 6.84. The van der Waals surface area contributed by atoms with E-state index in [1.54, 1.807) is 4.90 Å². The van der Waals surface area contributed by atoms with Crippen LogP contribution >= 0.6 is 0 Å². The minimum Gasteiger partial charge on any atom is -0.377 e. The van der Waals surface area contributed by atoms with Crippen molar-refractivity contribution < 1.29 is 14.3 Å². The number of rotatable bonds is 5. The Balaban J connectivity index is 1.67. The van der Waals surface area contributed by atoms with E-state index in [0.29, 0.717) is 31.1 Å². The van der Waals surface area contributed by atoms with Crippen LogP contribution in [0.1, 0.15) is 23.4 Å². The highest BCUT2D eigenvalue weighted by molar-refractivity contribution is 5.91. The van der Waals surface area contributed by atoms with Crippen LogP contribution in [0.5, 0.6) is 0 Å². The largest absolute Gasteiger partial charge is 0.377 e. The first-order chi connectivity index (χ1) is 13.4. The molecule has 1 aromatic heterocycles. The number of carbonyl (C=O) groups is 2. The van der Waals surface area contributed by atoms with Crippen molar-refractivity contribution in [3.63, 3.8) is 0 Å². The van der Waals surface area contributed by atoms with E-state index < -0.39 is 0 Å². The molecule has 1 fully saturated rings. The normalized spacial score (nSPS) is 16.6. The number of para-hydroxylation sites is 1. The van der Waals surface area contributed by atoms with E-state index in [1.807, 2.05) is 44.2 Å². The summed E-state index contributed by atoms with van der Waals surface area (Å²) >= 11 is 0. The molecule has 1 unspecified atom stereocenters. The summed E-state index contributed by atoms with van der Waals surface area (Å²) in [4.78, 5) is 35.4. The Bertz CT molecular complexity index is 833. The van der Waals surface area contributed by atoms with Gasteiger partial charge in [0.15, 0.2) is 0 Å². The molecule has 0 saturated carbocycles. The highest BCUT2D eigenvalue weighted by Crippen LogP contribution is 2.18. The van der Waals surface area contributed by atoms with Gasteiger partial charge in [-0.15, -0.1) is 0 Å². The summed E-state index contributed by atoms with van der Waals surface area (Å²) in [5.74, 6) is -0.0175. The van der Waals surface area contributed by atoms with Gasteiger partial charge in [-0.2, -0.15) is 0 Å². The maximum absolute atomic E-state index is 13.0. The van der Waals surface area contributed by atoms with E-state index in [4.69, 9.17) is 10.5 Å². The predicted octanol–water partition coefficient (Wildman–Crippen LogP) is 1.47. The van der Waals surface area contributed by atoms with Crippen LogP contribution < -0.4 is 11.1 Å². The lowest BCUT2D eigenvalue weighted by Gasteiger charge is -2.35. The molecule has 8 nitrogen and oxygen atoms in total. The molecule has 0 radical (unpaired) electrons. The van der Waals surface area contributed by atoms with Crippen LogP contribution in [0, 0.1) is 13.8 Å². The molecule has 0 aliphatic carbocycles. The molecule has 28 heavy (non-hydrogen) atoms. The van der Waals surface area contributed by atoms with Crippen LogP contribution in [0.15, 0.2) is 30.3 Å². The third-order valence-electron chi connectivity index (χ3n) is 4.79. The third-order valence-corrected chi connectivity index (χ3v) is 4.79. The molecule has 8 heteroatoms. The van der Waals surface area contributed by atoms with E-state index in [-0.39, 0.29) is 36.6 Å². The maximum atomic E-state index is 13.0. The van der Waals surface area contributed by atoms with E-state index in [9.17, 15) is 9.59 Å². The van der Waals surface area contributed by atoms with Crippen molar-refractivity contribution in [2.75, 3.05) is 30.8 Å². The van der Waals surface area contributed by atoms with Gasteiger partial charge in [-0.3, -0.25) is 9.59 Å². The number of ether oxygens (including phenoxy) is 1. The minimum absolute atomic E-state index is 0.0691. The van der Waals surface area contributed by atoms with Crippen LogP contribution in [-0.2, 0) is 20.7 Å². The number of aromatic nitrogens is 2. The van der Waals surface area contributed by atoms with E-state index in [0.717, 1.165) is 11.3 Å². The second kappa shape index (κ2) is 8.79. The fourth-order valence-corrected chi connectivity index (χ4v) is 3.37. The van der Waals surface area contributed by atoms with Crippen LogP contribution in [0.3, 0.4) is 0 Å². The molecule has 2 amide bonds. The summed E-state index contributed by atoms with van der Waals surface area (Å²) in [5.41, 5.74) is 8.57. The molecule has 1 atom stereocenters. The highest BCUT2D eigenvalue weighted by Gasteiger charge is 2.30. The average molecular weight is 383 g/mol. The van der Waals surface area contributed by atoms with Gasteiger partial charge < -0.3 is 20.7 Å². The first-order valence-corrected chi connectivity index (χ1v) is 9.25.